The smallest absolute Gasteiger partial charge is 0.269 e. The third kappa shape index (κ3) is 5.03. The highest BCUT2D eigenvalue weighted by atomic mass is 16.6. The number of nitrogens with zero attached hydrogens (tertiary/aromatic N) is 2. The van der Waals surface area contributed by atoms with Crippen LogP contribution >= 0.6 is 0 Å². The normalized spacial score (nSPS) is 10.5. The summed E-state index contributed by atoms with van der Waals surface area (Å²) in [6.07, 6.45) is 1.53. The van der Waals surface area contributed by atoms with Crippen molar-refractivity contribution >= 4 is 17.8 Å². The number of methoxy groups -OCH3 is 2. The van der Waals surface area contributed by atoms with E-state index >= 15 is 0 Å². The van der Waals surface area contributed by atoms with Crippen LogP contribution in [0.1, 0.15) is 11.1 Å². The molecule has 0 spiro atoms. The van der Waals surface area contributed by atoms with Gasteiger partial charge in [-0.1, -0.05) is 12.1 Å². The van der Waals surface area contributed by atoms with Crippen molar-refractivity contribution in [1.82, 2.24) is 5.43 Å². The number of benzene rings is 2. The summed E-state index contributed by atoms with van der Waals surface area (Å²) in [4.78, 5) is 22.0. The first-order valence-corrected chi connectivity index (χ1v) is 7.30. The van der Waals surface area contributed by atoms with E-state index < -0.39 is 4.92 Å². The van der Waals surface area contributed by atoms with Gasteiger partial charge in [0, 0.05) is 23.8 Å². The van der Waals surface area contributed by atoms with E-state index in [1.165, 1.54) is 37.6 Å². The van der Waals surface area contributed by atoms with Crippen LogP contribution in [-0.4, -0.2) is 31.3 Å². The van der Waals surface area contributed by atoms with Crippen molar-refractivity contribution in [3.8, 4) is 11.5 Å². The van der Waals surface area contributed by atoms with Crippen LogP contribution in [0.3, 0.4) is 0 Å². The first kappa shape index (κ1) is 17.9. The lowest BCUT2D eigenvalue weighted by Gasteiger charge is -2.07. The molecule has 0 radical (unpaired) electrons. The molecule has 0 aromatic heterocycles. The lowest BCUT2D eigenvalue weighted by molar-refractivity contribution is -0.384. The standard InChI is InChI=1S/C17H17N3O5/c1-24-15-8-5-13(16(10-15)25-2)11-18-19-17(21)9-12-3-6-14(7-4-12)20(22)23/h3-8,10-11H,9H2,1-2H3,(H,19,21)/b18-11-. The molecule has 25 heavy (non-hydrogen) atoms. The van der Waals surface area contributed by atoms with Crippen molar-refractivity contribution in [3.05, 3.63) is 63.7 Å². The molecule has 2 aromatic carbocycles. The number of non-ortho nitro benzene ring substituents is 1. The highest BCUT2D eigenvalue weighted by Gasteiger charge is 2.07. The molecule has 0 atom stereocenters. The number of amides is 1. The predicted molar refractivity (Wildman–Crippen MR) is 92.1 cm³/mol. The Labute approximate surface area is 144 Å². The van der Waals surface area contributed by atoms with Gasteiger partial charge in [-0.25, -0.2) is 5.43 Å². The molecule has 0 aliphatic rings. The summed E-state index contributed by atoms with van der Waals surface area (Å²) in [5, 5.41) is 14.5. The molecule has 0 aliphatic heterocycles. The third-order valence-corrected chi connectivity index (χ3v) is 3.35. The lowest BCUT2D eigenvalue weighted by atomic mass is 10.1. The van der Waals surface area contributed by atoms with Crippen LogP contribution in [0, 0.1) is 10.1 Å². The Morgan fingerprint density at radius 3 is 2.52 bits per heavy atom. The topological polar surface area (TPSA) is 103 Å². The van der Waals surface area contributed by atoms with Crippen LogP contribution in [0.5, 0.6) is 11.5 Å². The Kier molecular flexibility index (Phi) is 6.05. The van der Waals surface area contributed by atoms with Crippen LogP contribution in [0.25, 0.3) is 0 Å². The van der Waals surface area contributed by atoms with Gasteiger partial charge in [-0.2, -0.15) is 5.10 Å². The number of ether oxygens (including phenoxy) is 2. The van der Waals surface area contributed by atoms with E-state index in [4.69, 9.17) is 9.47 Å². The van der Waals surface area contributed by atoms with Gasteiger partial charge >= 0.3 is 0 Å². The van der Waals surface area contributed by atoms with Gasteiger partial charge < -0.3 is 9.47 Å². The zero-order valence-electron chi connectivity index (χ0n) is 13.8. The summed E-state index contributed by atoms with van der Waals surface area (Å²) in [7, 11) is 3.08. The van der Waals surface area contributed by atoms with Gasteiger partial charge in [0.1, 0.15) is 11.5 Å². The average Bonchev–Trinajstić information content (AvgIpc) is 2.62. The number of rotatable bonds is 7. The number of hydrogen-bond acceptors (Lipinski definition) is 6. The second kappa shape index (κ2) is 8.44. The number of carbonyl (C=O) groups excluding carboxylic acids is 1. The van der Waals surface area contributed by atoms with Gasteiger partial charge in [-0.15, -0.1) is 0 Å². The van der Waals surface area contributed by atoms with Crippen LogP contribution in [0.4, 0.5) is 5.69 Å². The fraction of sp³-hybridized carbons (Fsp3) is 0.176. The molecule has 0 bridgehead atoms. The Balaban J connectivity index is 1.95. The lowest BCUT2D eigenvalue weighted by Crippen LogP contribution is -2.19. The molecule has 0 saturated heterocycles. The molecule has 0 unspecified atom stereocenters. The minimum atomic E-state index is -0.490. The quantitative estimate of drug-likeness (QED) is 0.472. The van der Waals surface area contributed by atoms with Crippen molar-refractivity contribution < 1.29 is 19.2 Å². The van der Waals surface area contributed by atoms with Crippen LogP contribution < -0.4 is 14.9 Å². The predicted octanol–water partition coefficient (Wildman–Crippen LogP) is 2.30. The Morgan fingerprint density at radius 2 is 1.92 bits per heavy atom. The SMILES string of the molecule is COc1ccc(/C=N\NC(=O)Cc2ccc([N+](=O)[O-])cc2)c(OC)c1. The molecule has 8 nitrogen and oxygen atoms in total. The fourth-order valence-corrected chi connectivity index (χ4v) is 2.06. The van der Waals surface area contributed by atoms with E-state index in [1.807, 2.05) is 0 Å². The van der Waals surface area contributed by atoms with Crippen LogP contribution in [0.2, 0.25) is 0 Å². The molecule has 1 amide bonds. The van der Waals surface area contributed by atoms with Crippen LogP contribution in [-0.2, 0) is 11.2 Å². The van der Waals surface area contributed by atoms with E-state index in [0.29, 0.717) is 22.6 Å². The molecular formula is C17H17N3O5. The summed E-state index contributed by atoms with van der Waals surface area (Å²) in [5.74, 6) is 0.876. The van der Waals surface area contributed by atoms with Crippen molar-refractivity contribution in [3.63, 3.8) is 0 Å². The summed E-state index contributed by atoms with van der Waals surface area (Å²) in [5.41, 5.74) is 3.72. The number of hydrazone groups is 1. The zero-order chi connectivity index (χ0) is 18.2. The van der Waals surface area contributed by atoms with Crippen LogP contribution in [0.15, 0.2) is 47.6 Å². The van der Waals surface area contributed by atoms with E-state index in [1.54, 1.807) is 25.3 Å². The van der Waals surface area contributed by atoms with E-state index in [9.17, 15) is 14.9 Å². The van der Waals surface area contributed by atoms with E-state index in [0.717, 1.165) is 0 Å². The highest BCUT2D eigenvalue weighted by molar-refractivity contribution is 5.86. The molecule has 2 rings (SSSR count). The number of carbonyl (C=O) groups is 1. The molecule has 130 valence electrons. The number of nitrogens with one attached hydrogen (secondary N) is 1. The monoisotopic (exact) mass is 343 g/mol. The van der Waals surface area contributed by atoms with Gasteiger partial charge in [0.2, 0.25) is 5.91 Å². The molecule has 0 heterocycles. The van der Waals surface area contributed by atoms with Gasteiger partial charge in [0.05, 0.1) is 31.8 Å². The first-order valence-electron chi connectivity index (χ1n) is 7.30. The summed E-state index contributed by atoms with van der Waals surface area (Å²) >= 11 is 0. The highest BCUT2D eigenvalue weighted by Crippen LogP contribution is 2.23. The van der Waals surface area contributed by atoms with E-state index in [-0.39, 0.29) is 18.0 Å². The van der Waals surface area contributed by atoms with Crippen molar-refractivity contribution in [2.75, 3.05) is 14.2 Å². The third-order valence-electron chi connectivity index (χ3n) is 3.35. The maximum absolute atomic E-state index is 11.9. The van der Waals surface area contributed by atoms with Crippen molar-refractivity contribution in [1.29, 1.82) is 0 Å². The summed E-state index contributed by atoms with van der Waals surface area (Å²) in [6, 6.07) is 11.0. The van der Waals surface area contributed by atoms with Crippen molar-refractivity contribution in [2.24, 2.45) is 5.10 Å². The minimum absolute atomic E-state index is 0.0196. The van der Waals surface area contributed by atoms with E-state index in [2.05, 4.69) is 10.5 Å². The maximum Gasteiger partial charge on any atom is 0.269 e. The maximum atomic E-state index is 11.9. The fourth-order valence-electron chi connectivity index (χ4n) is 2.06. The second-order valence-electron chi connectivity index (χ2n) is 5.00. The van der Waals surface area contributed by atoms with Gasteiger partial charge in [0.15, 0.2) is 0 Å². The summed E-state index contributed by atoms with van der Waals surface area (Å²) in [6.45, 7) is 0. The minimum Gasteiger partial charge on any atom is -0.497 e. The second-order valence-corrected chi connectivity index (χ2v) is 5.00. The molecule has 0 aliphatic carbocycles. The molecule has 1 N–H and O–H groups in total. The molecular weight excluding hydrogens is 326 g/mol. The Hall–Kier alpha value is -3.42. The zero-order valence-corrected chi connectivity index (χ0v) is 13.8. The number of nitro groups is 1. The average molecular weight is 343 g/mol. The number of nitro benzene ring substituents is 1. The summed E-state index contributed by atoms with van der Waals surface area (Å²) < 4.78 is 10.3. The first-order chi connectivity index (χ1) is 12.0. The van der Waals surface area contributed by atoms with Gasteiger partial charge in [0.25, 0.3) is 5.69 Å². The Bertz CT molecular complexity index is 787. The van der Waals surface area contributed by atoms with Gasteiger partial charge in [-0.3, -0.25) is 14.9 Å². The molecule has 0 fully saturated rings. The molecule has 0 saturated carbocycles. The molecule has 8 heteroatoms. The Morgan fingerprint density at radius 1 is 1.20 bits per heavy atom. The number of hydrogen-bond donors (Lipinski definition) is 1. The molecule has 2 aromatic rings. The van der Waals surface area contributed by atoms with Gasteiger partial charge in [-0.05, 0) is 17.7 Å². The van der Waals surface area contributed by atoms with Crippen molar-refractivity contribution in [2.45, 2.75) is 6.42 Å². The largest absolute Gasteiger partial charge is 0.497 e.